The van der Waals surface area contributed by atoms with Gasteiger partial charge in [0.15, 0.2) is 0 Å². The maximum absolute atomic E-state index is 12.4. The lowest BCUT2D eigenvalue weighted by Crippen LogP contribution is -2.09. The van der Waals surface area contributed by atoms with Gasteiger partial charge in [-0.15, -0.1) is 0 Å². The summed E-state index contributed by atoms with van der Waals surface area (Å²) in [6.45, 7) is 6.78. The van der Waals surface area contributed by atoms with Crippen molar-refractivity contribution in [2.45, 2.75) is 85.0 Å². The van der Waals surface area contributed by atoms with Crippen LogP contribution in [0.25, 0.3) is 0 Å². The summed E-state index contributed by atoms with van der Waals surface area (Å²) in [5, 5.41) is 0. The van der Waals surface area contributed by atoms with Gasteiger partial charge in [0.05, 0.1) is 5.56 Å². The van der Waals surface area contributed by atoms with Gasteiger partial charge in [0, 0.05) is 0 Å². The van der Waals surface area contributed by atoms with Gasteiger partial charge < -0.3 is 4.74 Å². The van der Waals surface area contributed by atoms with E-state index in [1.807, 2.05) is 24.3 Å². The monoisotopic (exact) mass is 394 g/mol. The van der Waals surface area contributed by atoms with E-state index in [2.05, 4.69) is 45.0 Å². The van der Waals surface area contributed by atoms with Crippen LogP contribution in [-0.4, -0.2) is 5.97 Å². The smallest absolute Gasteiger partial charge is 0.343 e. The van der Waals surface area contributed by atoms with Crippen LogP contribution in [0.1, 0.15) is 93.6 Å². The van der Waals surface area contributed by atoms with Gasteiger partial charge in [-0.1, -0.05) is 90.0 Å². The van der Waals surface area contributed by atoms with E-state index < -0.39 is 0 Å². The summed E-state index contributed by atoms with van der Waals surface area (Å²) >= 11 is 0. The minimum absolute atomic E-state index is 0.289. The number of rotatable bonds is 13. The van der Waals surface area contributed by atoms with E-state index in [1.165, 1.54) is 62.5 Å². The van der Waals surface area contributed by atoms with Crippen LogP contribution in [0.5, 0.6) is 5.75 Å². The molecule has 0 amide bonds. The number of carbonyl (C=O) groups is 1. The fourth-order valence-electron chi connectivity index (χ4n) is 3.67. The summed E-state index contributed by atoms with van der Waals surface area (Å²) in [5.74, 6) is 1.00. The Morgan fingerprint density at radius 2 is 1.41 bits per heavy atom. The first kappa shape index (κ1) is 23.2. The van der Waals surface area contributed by atoms with Crippen molar-refractivity contribution in [3.8, 4) is 5.75 Å². The van der Waals surface area contributed by atoms with Crippen molar-refractivity contribution in [1.29, 1.82) is 0 Å². The number of ether oxygens (including phenoxy) is 1. The fraction of sp³-hybridized carbons (Fsp3) is 0.519. The molecule has 158 valence electrons. The molecule has 0 aliphatic heterocycles. The van der Waals surface area contributed by atoms with Crippen LogP contribution in [0.3, 0.4) is 0 Å². The van der Waals surface area contributed by atoms with Crippen LogP contribution in [0.15, 0.2) is 48.5 Å². The molecular formula is C27H38O2. The van der Waals surface area contributed by atoms with Crippen molar-refractivity contribution in [1.82, 2.24) is 0 Å². The van der Waals surface area contributed by atoms with Gasteiger partial charge in [-0.3, -0.25) is 0 Å². The fourth-order valence-corrected chi connectivity index (χ4v) is 3.67. The zero-order valence-electron chi connectivity index (χ0n) is 18.6. The number of benzene rings is 2. The third-order valence-corrected chi connectivity index (χ3v) is 5.53. The molecule has 0 N–H and O–H groups in total. The topological polar surface area (TPSA) is 26.3 Å². The predicted molar refractivity (Wildman–Crippen MR) is 123 cm³/mol. The van der Waals surface area contributed by atoms with Crippen LogP contribution >= 0.6 is 0 Å². The van der Waals surface area contributed by atoms with E-state index >= 15 is 0 Å². The Bertz CT molecular complexity index is 700. The van der Waals surface area contributed by atoms with E-state index in [4.69, 9.17) is 4.74 Å². The molecule has 2 heteroatoms. The molecule has 2 rings (SSSR count). The molecular weight excluding hydrogens is 356 g/mol. The molecule has 2 aromatic carbocycles. The van der Waals surface area contributed by atoms with Crippen LogP contribution in [0, 0.1) is 5.92 Å². The second kappa shape index (κ2) is 13.2. The van der Waals surface area contributed by atoms with Crippen LogP contribution < -0.4 is 4.74 Å². The minimum Gasteiger partial charge on any atom is -0.423 e. The van der Waals surface area contributed by atoms with E-state index in [0.29, 0.717) is 17.2 Å². The molecule has 1 atom stereocenters. The Kier molecular flexibility index (Phi) is 10.5. The number of hydrogen-bond donors (Lipinski definition) is 0. The van der Waals surface area contributed by atoms with Crippen LogP contribution in [-0.2, 0) is 12.8 Å². The Hall–Kier alpha value is -2.09. The SMILES string of the molecule is CCCCCCC(C)Cc1ccc(C(=O)Oc2ccc(CCCCC)cc2)cc1. The van der Waals surface area contributed by atoms with Gasteiger partial charge in [0.2, 0.25) is 0 Å². The maximum atomic E-state index is 12.4. The Morgan fingerprint density at radius 1 is 0.793 bits per heavy atom. The molecule has 0 saturated heterocycles. The standard InChI is InChI=1S/C27H38O2/c1-4-6-8-10-11-22(3)21-24-13-17-25(18-14-24)27(28)29-26-19-15-23(16-20-26)12-9-7-5-2/h13-20,22H,4-12,21H2,1-3H3. The number of unbranched alkanes of at least 4 members (excludes halogenated alkanes) is 5. The molecule has 1 unspecified atom stereocenters. The molecule has 0 aliphatic carbocycles. The molecule has 29 heavy (non-hydrogen) atoms. The van der Waals surface area contributed by atoms with Crippen molar-refractivity contribution < 1.29 is 9.53 Å². The van der Waals surface area contributed by atoms with E-state index in [9.17, 15) is 4.79 Å². The molecule has 0 aromatic heterocycles. The average molecular weight is 395 g/mol. The van der Waals surface area contributed by atoms with Crippen molar-refractivity contribution in [3.63, 3.8) is 0 Å². The molecule has 2 aromatic rings. The third-order valence-electron chi connectivity index (χ3n) is 5.53. The van der Waals surface area contributed by atoms with Crippen molar-refractivity contribution >= 4 is 5.97 Å². The Balaban J connectivity index is 1.80. The highest BCUT2D eigenvalue weighted by atomic mass is 16.5. The van der Waals surface area contributed by atoms with Crippen molar-refractivity contribution in [2.24, 2.45) is 5.92 Å². The molecule has 0 radical (unpaired) electrons. The highest BCUT2D eigenvalue weighted by Gasteiger charge is 2.10. The first-order valence-electron chi connectivity index (χ1n) is 11.5. The van der Waals surface area contributed by atoms with Crippen LogP contribution in [0.2, 0.25) is 0 Å². The summed E-state index contributed by atoms with van der Waals surface area (Å²) in [7, 11) is 0. The lowest BCUT2D eigenvalue weighted by atomic mass is 9.95. The van der Waals surface area contributed by atoms with Gasteiger partial charge >= 0.3 is 5.97 Å². The van der Waals surface area contributed by atoms with E-state index in [0.717, 1.165) is 12.8 Å². The lowest BCUT2D eigenvalue weighted by Gasteiger charge is -2.12. The normalized spacial score (nSPS) is 12.0. The molecule has 0 spiro atoms. The van der Waals surface area contributed by atoms with Crippen molar-refractivity contribution in [2.75, 3.05) is 0 Å². The summed E-state index contributed by atoms with van der Waals surface area (Å²) in [4.78, 5) is 12.4. The van der Waals surface area contributed by atoms with Gasteiger partial charge in [-0.25, -0.2) is 4.79 Å². The second-order valence-electron chi connectivity index (χ2n) is 8.35. The minimum atomic E-state index is -0.289. The third kappa shape index (κ3) is 8.85. The van der Waals surface area contributed by atoms with Crippen LogP contribution in [0.4, 0.5) is 0 Å². The first-order chi connectivity index (χ1) is 14.1. The first-order valence-corrected chi connectivity index (χ1v) is 11.5. The number of aryl methyl sites for hydroxylation is 1. The largest absolute Gasteiger partial charge is 0.423 e. The van der Waals surface area contributed by atoms with Gasteiger partial charge in [0.1, 0.15) is 5.75 Å². The highest BCUT2D eigenvalue weighted by Crippen LogP contribution is 2.19. The molecule has 0 aliphatic rings. The van der Waals surface area contributed by atoms with Gasteiger partial charge in [-0.05, 0) is 60.6 Å². The Labute approximate surface area is 177 Å². The Morgan fingerprint density at radius 3 is 2.07 bits per heavy atom. The highest BCUT2D eigenvalue weighted by molar-refractivity contribution is 5.91. The number of carbonyl (C=O) groups excluding carboxylic acids is 1. The van der Waals surface area contributed by atoms with E-state index in [-0.39, 0.29) is 5.97 Å². The molecule has 0 heterocycles. The lowest BCUT2D eigenvalue weighted by molar-refractivity contribution is 0.0734. The zero-order valence-corrected chi connectivity index (χ0v) is 18.6. The summed E-state index contributed by atoms with van der Waals surface area (Å²) < 4.78 is 5.54. The summed E-state index contributed by atoms with van der Waals surface area (Å²) in [6, 6.07) is 15.8. The van der Waals surface area contributed by atoms with Gasteiger partial charge in [0.25, 0.3) is 0 Å². The quantitative estimate of drug-likeness (QED) is 0.197. The second-order valence-corrected chi connectivity index (χ2v) is 8.35. The predicted octanol–water partition coefficient (Wildman–Crippen LogP) is 7.79. The maximum Gasteiger partial charge on any atom is 0.343 e. The average Bonchev–Trinajstić information content (AvgIpc) is 2.73. The zero-order chi connectivity index (χ0) is 20.9. The molecule has 0 fully saturated rings. The van der Waals surface area contributed by atoms with E-state index in [1.54, 1.807) is 0 Å². The summed E-state index contributed by atoms with van der Waals surface area (Å²) in [5.41, 5.74) is 3.20. The van der Waals surface area contributed by atoms with Gasteiger partial charge in [-0.2, -0.15) is 0 Å². The van der Waals surface area contributed by atoms with Crippen molar-refractivity contribution in [3.05, 3.63) is 65.2 Å². The molecule has 2 nitrogen and oxygen atoms in total. The molecule has 0 bridgehead atoms. The number of esters is 1. The number of hydrogen-bond acceptors (Lipinski definition) is 2. The summed E-state index contributed by atoms with van der Waals surface area (Å²) in [6.07, 6.45) is 12.4. The molecule has 0 saturated carbocycles.